The zero-order valence-corrected chi connectivity index (χ0v) is 12.3. The van der Waals surface area contributed by atoms with E-state index in [4.69, 9.17) is 0 Å². The Morgan fingerprint density at radius 1 is 1.05 bits per heavy atom. The van der Waals surface area contributed by atoms with Crippen LogP contribution < -0.4 is 10.6 Å². The molecule has 2 saturated carbocycles. The number of nitrogens with one attached hydrogen (secondary N) is 2. The summed E-state index contributed by atoms with van der Waals surface area (Å²) >= 11 is 0. The van der Waals surface area contributed by atoms with E-state index in [0.29, 0.717) is 17.4 Å². The molecular weight excluding hydrogens is 236 g/mol. The van der Waals surface area contributed by atoms with E-state index in [9.17, 15) is 4.79 Å². The van der Waals surface area contributed by atoms with Crippen molar-refractivity contribution in [2.45, 2.75) is 70.8 Å². The predicted octanol–water partition coefficient (Wildman–Crippen LogP) is 2.61. The normalized spacial score (nSPS) is 29.7. The maximum absolute atomic E-state index is 12.5. The standard InChI is InChI=1S/C16H28N2O/c1-15(5-3-2-4-6-15)14(19)18-13-11-16(12-13)7-9-17-10-8-16/h13,17H,2-12H2,1H3,(H,18,19). The fourth-order valence-electron chi connectivity index (χ4n) is 4.37. The van der Waals surface area contributed by atoms with Crippen LogP contribution in [0.4, 0.5) is 0 Å². The molecule has 2 aliphatic carbocycles. The Bertz CT molecular complexity index is 333. The fraction of sp³-hybridized carbons (Fsp3) is 0.938. The second-order valence-corrected chi connectivity index (χ2v) is 7.45. The molecule has 3 aliphatic rings. The van der Waals surface area contributed by atoms with Gasteiger partial charge in [0, 0.05) is 11.5 Å². The molecule has 0 radical (unpaired) electrons. The summed E-state index contributed by atoms with van der Waals surface area (Å²) in [5.74, 6) is 0.334. The predicted molar refractivity (Wildman–Crippen MR) is 76.9 cm³/mol. The highest BCUT2D eigenvalue weighted by molar-refractivity contribution is 5.82. The van der Waals surface area contributed by atoms with Crippen molar-refractivity contribution in [3.05, 3.63) is 0 Å². The molecule has 1 heterocycles. The average Bonchev–Trinajstić information content (AvgIpc) is 2.39. The van der Waals surface area contributed by atoms with Crippen molar-refractivity contribution in [3.63, 3.8) is 0 Å². The van der Waals surface area contributed by atoms with Crippen molar-refractivity contribution in [2.75, 3.05) is 13.1 Å². The molecule has 3 heteroatoms. The monoisotopic (exact) mass is 264 g/mol. The van der Waals surface area contributed by atoms with Crippen molar-refractivity contribution < 1.29 is 4.79 Å². The van der Waals surface area contributed by atoms with Gasteiger partial charge in [0.05, 0.1) is 0 Å². The molecule has 1 amide bonds. The fourth-order valence-corrected chi connectivity index (χ4v) is 4.37. The maximum Gasteiger partial charge on any atom is 0.226 e. The maximum atomic E-state index is 12.5. The zero-order valence-electron chi connectivity index (χ0n) is 12.3. The molecule has 1 saturated heterocycles. The first kappa shape index (κ1) is 13.4. The molecule has 3 rings (SSSR count). The van der Waals surface area contributed by atoms with Gasteiger partial charge < -0.3 is 10.6 Å². The van der Waals surface area contributed by atoms with Crippen LogP contribution in [0.15, 0.2) is 0 Å². The Morgan fingerprint density at radius 3 is 2.32 bits per heavy atom. The van der Waals surface area contributed by atoms with Crippen molar-refractivity contribution >= 4 is 5.91 Å². The van der Waals surface area contributed by atoms with Gasteiger partial charge in [0.15, 0.2) is 0 Å². The van der Waals surface area contributed by atoms with Crippen molar-refractivity contribution in [3.8, 4) is 0 Å². The van der Waals surface area contributed by atoms with Gasteiger partial charge in [-0.05, 0) is 57.0 Å². The summed E-state index contributed by atoms with van der Waals surface area (Å²) in [4.78, 5) is 12.5. The SMILES string of the molecule is CC1(C(=O)NC2CC3(CCNCC3)C2)CCCCC1. The lowest BCUT2D eigenvalue weighted by molar-refractivity contribution is -0.134. The number of piperidine rings is 1. The highest BCUT2D eigenvalue weighted by Gasteiger charge is 2.46. The van der Waals surface area contributed by atoms with Crippen LogP contribution in [-0.4, -0.2) is 25.0 Å². The minimum Gasteiger partial charge on any atom is -0.353 e. The molecule has 19 heavy (non-hydrogen) atoms. The lowest BCUT2D eigenvalue weighted by atomic mass is 9.60. The Balaban J connectivity index is 1.49. The smallest absolute Gasteiger partial charge is 0.226 e. The number of hydrogen-bond acceptors (Lipinski definition) is 2. The molecule has 1 spiro atoms. The molecule has 0 aromatic rings. The molecular formula is C16H28N2O. The lowest BCUT2D eigenvalue weighted by Crippen LogP contribution is -2.56. The number of carbonyl (C=O) groups excluding carboxylic acids is 1. The van der Waals surface area contributed by atoms with Crippen molar-refractivity contribution in [2.24, 2.45) is 10.8 Å². The topological polar surface area (TPSA) is 41.1 Å². The van der Waals surface area contributed by atoms with Crippen LogP contribution in [0.2, 0.25) is 0 Å². The molecule has 1 aliphatic heterocycles. The largest absolute Gasteiger partial charge is 0.353 e. The molecule has 0 aromatic heterocycles. The molecule has 0 bridgehead atoms. The Kier molecular flexibility index (Phi) is 3.59. The summed E-state index contributed by atoms with van der Waals surface area (Å²) in [5.41, 5.74) is 0.492. The third kappa shape index (κ3) is 2.67. The van der Waals surface area contributed by atoms with E-state index >= 15 is 0 Å². The first-order valence-corrected chi connectivity index (χ1v) is 8.14. The first-order valence-electron chi connectivity index (χ1n) is 8.14. The molecule has 108 valence electrons. The van der Waals surface area contributed by atoms with Gasteiger partial charge in [0.1, 0.15) is 0 Å². The van der Waals surface area contributed by atoms with Gasteiger partial charge in [0.25, 0.3) is 0 Å². The Morgan fingerprint density at radius 2 is 1.68 bits per heavy atom. The van der Waals surface area contributed by atoms with Gasteiger partial charge in [-0.15, -0.1) is 0 Å². The number of amides is 1. The molecule has 0 atom stereocenters. The summed E-state index contributed by atoms with van der Waals surface area (Å²) < 4.78 is 0. The minimum absolute atomic E-state index is 0.0743. The van der Waals surface area contributed by atoms with Crippen LogP contribution in [0, 0.1) is 10.8 Å². The number of rotatable bonds is 2. The van der Waals surface area contributed by atoms with E-state index in [2.05, 4.69) is 17.6 Å². The summed E-state index contributed by atoms with van der Waals surface area (Å²) in [5, 5.41) is 6.77. The highest BCUT2D eigenvalue weighted by atomic mass is 16.2. The second-order valence-electron chi connectivity index (χ2n) is 7.45. The van der Waals surface area contributed by atoms with Crippen LogP contribution in [0.5, 0.6) is 0 Å². The number of hydrogen-bond donors (Lipinski definition) is 2. The molecule has 3 fully saturated rings. The quantitative estimate of drug-likeness (QED) is 0.805. The van der Waals surface area contributed by atoms with Gasteiger partial charge in [-0.3, -0.25) is 4.79 Å². The zero-order chi connectivity index (χ0) is 13.3. The molecule has 3 nitrogen and oxygen atoms in total. The third-order valence-corrected chi connectivity index (χ3v) is 5.86. The van der Waals surface area contributed by atoms with Crippen LogP contribution >= 0.6 is 0 Å². The van der Waals surface area contributed by atoms with Crippen LogP contribution in [-0.2, 0) is 4.79 Å². The van der Waals surface area contributed by atoms with Gasteiger partial charge in [-0.1, -0.05) is 26.2 Å². The number of carbonyl (C=O) groups is 1. The summed E-state index contributed by atoms with van der Waals surface area (Å²) in [6.45, 7) is 4.50. The van der Waals surface area contributed by atoms with Gasteiger partial charge in [0.2, 0.25) is 5.91 Å². The van der Waals surface area contributed by atoms with E-state index in [-0.39, 0.29) is 5.41 Å². The highest BCUT2D eigenvalue weighted by Crippen LogP contribution is 2.48. The van der Waals surface area contributed by atoms with E-state index in [1.165, 1.54) is 58.0 Å². The molecule has 2 N–H and O–H groups in total. The second kappa shape index (κ2) is 5.08. The molecule has 0 unspecified atom stereocenters. The summed E-state index contributed by atoms with van der Waals surface area (Å²) in [6.07, 6.45) is 11.0. The van der Waals surface area contributed by atoms with E-state index in [1.54, 1.807) is 0 Å². The van der Waals surface area contributed by atoms with Crippen LogP contribution in [0.3, 0.4) is 0 Å². The average molecular weight is 264 g/mol. The summed E-state index contributed by atoms with van der Waals surface area (Å²) in [6, 6.07) is 0.462. The van der Waals surface area contributed by atoms with Gasteiger partial charge >= 0.3 is 0 Å². The Labute approximate surface area is 116 Å². The lowest BCUT2D eigenvalue weighted by Gasteiger charge is -2.51. The Hall–Kier alpha value is -0.570. The van der Waals surface area contributed by atoms with Crippen molar-refractivity contribution in [1.29, 1.82) is 0 Å². The summed E-state index contributed by atoms with van der Waals surface area (Å²) in [7, 11) is 0. The van der Waals surface area contributed by atoms with E-state index in [1.807, 2.05) is 0 Å². The van der Waals surface area contributed by atoms with Gasteiger partial charge in [-0.25, -0.2) is 0 Å². The van der Waals surface area contributed by atoms with E-state index < -0.39 is 0 Å². The first-order chi connectivity index (χ1) is 9.12. The molecule has 0 aromatic carbocycles. The van der Waals surface area contributed by atoms with Gasteiger partial charge in [-0.2, -0.15) is 0 Å². The minimum atomic E-state index is -0.0743. The third-order valence-electron chi connectivity index (χ3n) is 5.86. The van der Waals surface area contributed by atoms with Crippen LogP contribution in [0.1, 0.15) is 64.7 Å². The van der Waals surface area contributed by atoms with E-state index in [0.717, 1.165) is 12.8 Å². The van der Waals surface area contributed by atoms with Crippen LogP contribution in [0.25, 0.3) is 0 Å². The van der Waals surface area contributed by atoms with Crippen molar-refractivity contribution in [1.82, 2.24) is 10.6 Å².